The van der Waals surface area contributed by atoms with E-state index >= 15 is 0 Å². The molecule has 11 heteroatoms. The highest BCUT2D eigenvalue weighted by molar-refractivity contribution is 5.92. The van der Waals surface area contributed by atoms with Crippen molar-refractivity contribution in [3.8, 4) is 0 Å². The molecule has 8 N–H and O–H groups in total. The second-order valence-corrected chi connectivity index (χ2v) is 7.65. The van der Waals surface area contributed by atoms with Crippen LogP contribution in [0.4, 0.5) is 0 Å². The number of hydrogen-bond acceptors (Lipinski definition) is 6. The van der Waals surface area contributed by atoms with Crippen LogP contribution in [0.15, 0.2) is 0 Å². The Balaban J connectivity index is 4.74. The summed E-state index contributed by atoms with van der Waals surface area (Å²) in [5, 5.41) is 16.2. The van der Waals surface area contributed by atoms with Crippen molar-refractivity contribution >= 4 is 29.6 Å². The fraction of sp³-hybridized carbons (Fsp3) is 0.722. The Hall–Kier alpha value is -2.69. The van der Waals surface area contributed by atoms with Crippen LogP contribution in [0.2, 0.25) is 0 Å². The molecular weight excluding hydrogens is 382 g/mol. The number of carbonyl (C=O) groups excluding carboxylic acids is 4. The Morgan fingerprint density at radius 2 is 1.55 bits per heavy atom. The summed E-state index contributed by atoms with van der Waals surface area (Å²) >= 11 is 0. The Labute approximate surface area is 170 Å². The molecule has 0 aromatic rings. The van der Waals surface area contributed by atoms with E-state index in [9.17, 15) is 24.0 Å². The number of carboxylic acids is 1. The van der Waals surface area contributed by atoms with Crippen molar-refractivity contribution in [1.82, 2.24) is 16.0 Å². The van der Waals surface area contributed by atoms with Crippen LogP contribution in [0.25, 0.3) is 0 Å². The molecule has 0 saturated carbocycles. The lowest BCUT2D eigenvalue weighted by molar-refractivity contribution is -0.142. The SMILES string of the molecule is CC(C)CC(N)C(=O)NC(C(=O)NCC(=O)NC(CCC(N)=O)C(=O)O)C(C)C. The van der Waals surface area contributed by atoms with Crippen molar-refractivity contribution in [3.05, 3.63) is 0 Å². The number of aliphatic carboxylic acids is 1. The number of carbonyl (C=O) groups is 5. The van der Waals surface area contributed by atoms with Crippen LogP contribution in [0.5, 0.6) is 0 Å². The first-order valence-corrected chi connectivity index (χ1v) is 9.49. The molecule has 0 aliphatic heterocycles. The zero-order valence-electron chi connectivity index (χ0n) is 17.4. The predicted octanol–water partition coefficient (Wildman–Crippen LogP) is -1.55. The highest BCUT2D eigenvalue weighted by Gasteiger charge is 2.27. The van der Waals surface area contributed by atoms with Gasteiger partial charge in [-0.1, -0.05) is 27.7 Å². The van der Waals surface area contributed by atoms with Crippen molar-refractivity contribution in [1.29, 1.82) is 0 Å². The first-order chi connectivity index (χ1) is 13.3. The molecule has 0 saturated heterocycles. The van der Waals surface area contributed by atoms with Crippen molar-refractivity contribution in [3.63, 3.8) is 0 Å². The molecular formula is C18H33N5O6. The standard InChI is InChI=1S/C18H33N5O6/c1-9(2)7-11(19)16(26)23-15(10(3)4)17(27)21-8-14(25)22-12(18(28)29)5-6-13(20)24/h9-12,15H,5-8,19H2,1-4H3,(H2,20,24)(H,21,27)(H,22,25)(H,23,26)(H,28,29). The molecule has 0 aliphatic rings. The third kappa shape index (κ3) is 11.0. The van der Waals surface area contributed by atoms with Crippen LogP contribution in [0.3, 0.4) is 0 Å². The molecule has 0 aromatic heterocycles. The minimum Gasteiger partial charge on any atom is -0.480 e. The lowest BCUT2D eigenvalue weighted by Crippen LogP contribution is -2.55. The Morgan fingerprint density at radius 3 is 2.00 bits per heavy atom. The number of rotatable bonds is 13. The van der Waals surface area contributed by atoms with Crippen molar-refractivity contribution in [2.45, 2.75) is 65.1 Å². The zero-order valence-corrected chi connectivity index (χ0v) is 17.4. The average Bonchev–Trinajstić information content (AvgIpc) is 2.59. The van der Waals surface area contributed by atoms with E-state index in [-0.39, 0.29) is 24.7 Å². The summed E-state index contributed by atoms with van der Waals surface area (Å²) < 4.78 is 0. The number of nitrogens with one attached hydrogen (secondary N) is 3. The number of nitrogens with two attached hydrogens (primary N) is 2. The van der Waals surface area contributed by atoms with Gasteiger partial charge in [0.25, 0.3) is 0 Å². The van der Waals surface area contributed by atoms with Gasteiger partial charge >= 0.3 is 5.97 Å². The van der Waals surface area contributed by atoms with Gasteiger partial charge in [-0.15, -0.1) is 0 Å². The molecule has 0 radical (unpaired) electrons. The zero-order chi connectivity index (χ0) is 22.7. The summed E-state index contributed by atoms with van der Waals surface area (Å²) in [5.41, 5.74) is 10.8. The first kappa shape index (κ1) is 26.3. The van der Waals surface area contributed by atoms with Crippen LogP contribution in [-0.4, -0.2) is 59.4 Å². The maximum atomic E-state index is 12.4. The predicted molar refractivity (Wildman–Crippen MR) is 105 cm³/mol. The van der Waals surface area contributed by atoms with Gasteiger partial charge in [0.1, 0.15) is 12.1 Å². The average molecular weight is 415 g/mol. The lowest BCUT2D eigenvalue weighted by atomic mass is 10.0. The number of hydrogen-bond donors (Lipinski definition) is 6. The van der Waals surface area contributed by atoms with Gasteiger partial charge in [-0.2, -0.15) is 0 Å². The fourth-order valence-electron chi connectivity index (χ4n) is 2.48. The molecule has 4 amide bonds. The highest BCUT2D eigenvalue weighted by atomic mass is 16.4. The minimum atomic E-state index is -1.32. The maximum absolute atomic E-state index is 12.4. The molecule has 0 aliphatic carbocycles. The Bertz CT molecular complexity index is 608. The topological polar surface area (TPSA) is 194 Å². The highest BCUT2D eigenvalue weighted by Crippen LogP contribution is 2.06. The van der Waals surface area contributed by atoms with Crippen molar-refractivity contribution in [2.24, 2.45) is 23.3 Å². The summed E-state index contributed by atoms with van der Waals surface area (Å²) in [6.45, 7) is 6.81. The van der Waals surface area contributed by atoms with Gasteiger partial charge in [0.2, 0.25) is 23.6 Å². The summed E-state index contributed by atoms with van der Waals surface area (Å²) in [7, 11) is 0. The monoisotopic (exact) mass is 415 g/mol. The van der Waals surface area contributed by atoms with Gasteiger partial charge in [-0.25, -0.2) is 4.79 Å². The van der Waals surface area contributed by atoms with Crippen LogP contribution >= 0.6 is 0 Å². The van der Waals surface area contributed by atoms with Crippen LogP contribution < -0.4 is 27.4 Å². The molecule has 3 unspecified atom stereocenters. The minimum absolute atomic E-state index is 0.164. The summed E-state index contributed by atoms with van der Waals surface area (Å²) in [4.78, 5) is 58.4. The molecule has 0 rings (SSSR count). The molecule has 0 spiro atoms. The van der Waals surface area contributed by atoms with Gasteiger partial charge in [0.15, 0.2) is 0 Å². The van der Waals surface area contributed by atoms with Crippen LogP contribution in [-0.2, 0) is 24.0 Å². The van der Waals surface area contributed by atoms with E-state index in [1.54, 1.807) is 13.8 Å². The molecule has 166 valence electrons. The second-order valence-electron chi connectivity index (χ2n) is 7.65. The second kappa shape index (κ2) is 12.7. The van der Waals surface area contributed by atoms with Gasteiger partial charge in [0.05, 0.1) is 12.6 Å². The molecule has 0 aromatic carbocycles. The smallest absolute Gasteiger partial charge is 0.326 e. The van der Waals surface area contributed by atoms with Crippen molar-refractivity contribution < 1.29 is 29.1 Å². The van der Waals surface area contributed by atoms with Gasteiger partial charge < -0.3 is 32.5 Å². The third-order valence-electron chi connectivity index (χ3n) is 4.04. The van der Waals surface area contributed by atoms with Crippen molar-refractivity contribution in [2.75, 3.05) is 6.54 Å². The van der Waals surface area contributed by atoms with Gasteiger partial charge in [-0.3, -0.25) is 19.2 Å². The van der Waals surface area contributed by atoms with E-state index in [1.165, 1.54) is 0 Å². The third-order valence-corrected chi connectivity index (χ3v) is 4.04. The van der Waals surface area contributed by atoms with Crippen LogP contribution in [0.1, 0.15) is 47.0 Å². The fourth-order valence-corrected chi connectivity index (χ4v) is 2.48. The first-order valence-electron chi connectivity index (χ1n) is 9.49. The van der Waals surface area contributed by atoms with Crippen LogP contribution in [0, 0.1) is 11.8 Å². The summed E-state index contributed by atoms with van der Waals surface area (Å²) in [5.74, 6) is -3.88. The Morgan fingerprint density at radius 1 is 0.966 bits per heavy atom. The molecule has 29 heavy (non-hydrogen) atoms. The summed E-state index contributed by atoms with van der Waals surface area (Å²) in [6, 6.07) is -2.96. The van der Waals surface area contributed by atoms with E-state index in [0.717, 1.165) is 0 Å². The lowest BCUT2D eigenvalue weighted by Gasteiger charge is -2.24. The number of amides is 4. The summed E-state index contributed by atoms with van der Waals surface area (Å²) in [6.07, 6.45) is 0.0903. The molecule has 3 atom stereocenters. The largest absolute Gasteiger partial charge is 0.480 e. The normalized spacial score (nSPS) is 14.0. The van der Waals surface area contributed by atoms with E-state index < -0.39 is 54.3 Å². The van der Waals surface area contributed by atoms with E-state index in [0.29, 0.717) is 6.42 Å². The molecule has 0 bridgehead atoms. The Kier molecular flexibility index (Phi) is 11.5. The molecule has 0 heterocycles. The number of carboxylic acid groups (broad SMARTS) is 1. The quantitative estimate of drug-likeness (QED) is 0.209. The molecule has 11 nitrogen and oxygen atoms in total. The maximum Gasteiger partial charge on any atom is 0.326 e. The number of primary amides is 1. The van der Waals surface area contributed by atoms with Gasteiger partial charge in [0, 0.05) is 6.42 Å². The van der Waals surface area contributed by atoms with E-state index in [1.807, 2.05) is 13.8 Å². The van der Waals surface area contributed by atoms with Gasteiger partial charge in [-0.05, 0) is 24.7 Å². The van der Waals surface area contributed by atoms with E-state index in [4.69, 9.17) is 16.6 Å². The van der Waals surface area contributed by atoms with E-state index in [2.05, 4.69) is 16.0 Å². The molecule has 0 fully saturated rings.